The first-order valence-electron chi connectivity index (χ1n) is 9.82. The standard InChI is InChI=1S/C23H23ClN2O4/c1-15-21(16(2)30-25-15)14-29-20-9-5-18(6-10-20)23(27)26-11-12-28-22(13-26)17-3-7-19(24)8-4-17/h3-10,22H,11-14H2,1-2H3. The predicted molar refractivity (Wildman–Crippen MR) is 113 cm³/mol. The number of halogens is 1. The highest BCUT2D eigenvalue weighted by Gasteiger charge is 2.26. The number of aryl methyl sites for hydroxylation is 2. The second-order valence-corrected chi connectivity index (χ2v) is 7.71. The van der Waals surface area contributed by atoms with Gasteiger partial charge in [-0.1, -0.05) is 28.9 Å². The normalized spacial score (nSPS) is 16.5. The van der Waals surface area contributed by atoms with Crippen LogP contribution in [0.5, 0.6) is 5.75 Å². The Bertz CT molecular complexity index is 995. The minimum atomic E-state index is -0.155. The van der Waals surface area contributed by atoms with Crippen molar-refractivity contribution in [3.8, 4) is 5.75 Å². The summed E-state index contributed by atoms with van der Waals surface area (Å²) in [4.78, 5) is 14.8. The molecule has 1 fully saturated rings. The zero-order chi connectivity index (χ0) is 21.1. The highest BCUT2D eigenvalue weighted by atomic mass is 35.5. The Hall–Kier alpha value is -2.83. The number of nitrogens with zero attached hydrogens (tertiary/aromatic N) is 2. The highest BCUT2D eigenvalue weighted by molar-refractivity contribution is 6.30. The fourth-order valence-electron chi connectivity index (χ4n) is 3.45. The van der Waals surface area contributed by atoms with Crippen molar-refractivity contribution in [2.45, 2.75) is 26.6 Å². The van der Waals surface area contributed by atoms with Gasteiger partial charge in [-0.3, -0.25) is 4.79 Å². The number of amides is 1. The lowest BCUT2D eigenvalue weighted by Crippen LogP contribution is -2.42. The molecule has 1 aliphatic heterocycles. The molecule has 1 atom stereocenters. The average molecular weight is 427 g/mol. The van der Waals surface area contributed by atoms with Crippen LogP contribution in [-0.4, -0.2) is 35.7 Å². The Kier molecular flexibility index (Phi) is 6.06. The van der Waals surface area contributed by atoms with E-state index in [9.17, 15) is 4.79 Å². The summed E-state index contributed by atoms with van der Waals surface area (Å²) in [6.07, 6.45) is -0.155. The predicted octanol–water partition coefficient (Wildman–Crippen LogP) is 4.74. The quantitative estimate of drug-likeness (QED) is 0.589. The average Bonchev–Trinajstić information content (AvgIpc) is 3.10. The van der Waals surface area contributed by atoms with Crippen LogP contribution in [0, 0.1) is 13.8 Å². The third-order valence-electron chi connectivity index (χ3n) is 5.26. The minimum Gasteiger partial charge on any atom is -0.489 e. The summed E-state index contributed by atoms with van der Waals surface area (Å²) < 4.78 is 16.8. The number of hydrogen-bond acceptors (Lipinski definition) is 5. The van der Waals surface area contributed by atoms with Crippen LogP contribution < -0.4 is 4.74 Å². The van der Waals surface area contributed by atoms with Gasteiger partial charge < -0.3 is 18.9 Å². The molecule has 0 aliphatic carbocycles. The first-order valence-corrected chi connectivity index (χ1v) is 10.2. The maximum Gasteiger partial charge on any atom is 0.254 e. The molecule has 30 heavy (non-hydrogen) atoms. The van der Waals surface area contributed by atoms with Gasteiger partial charge in [0.05, 0.1) is 24.4 Å². The smallest absolute Gasteiger partial charge is 0.254 e. The van der Waals surface area contributed by atoms with Crippen molar-refractivity contribution in [2.24, 2.45) is 0 Å². The number of carbonyl (C=O) groups is 1. The van der Waals surface area contributed by atoms with E-state index in [0.717, 1.165) is 22.6 Å². The van der Waals surface area contributed by atoms with E-state index in [2.05, 4.69) is 5.16 Å². The van der Waals surface area contributed by atoms with Crippen LogP contribution >= 0.6 is 11.6 Å². The van der Waals surface area contributed by atoms with Gasteiger partial charge in [0.15, 0.2) is 0 Å². The van der Waals surface area contributed by atoms with Crippen LogP contribution in [-0.2, 0) is 11.3 Å². The molecule has 0 spiro atoms. The molecule has 0 N–H and O–H groups in total. The van der Waals surface area contributed by atoms with E-state index in [-0.39, 0.29) is 12.0 Å². The molecule has 1 amide bonds. The molecule has 7 heteroatoms. The van der Waals surface area contributed by atoms with E-state index < -0.39 is 0 Å². The van der Waals surface area contributed by atoms with Crippen LogP contribution in [0.15, 0.2) is 53.1 Å². The summed E-state index contributed by atoms with van der Waals surface area (Å²) in [6, 6.07) is 14.7. The molecule has 1 aromatic heterocycles. The number of aromatic nitrogens is 1. The second-order valence-electron chi connectivity index (χ2n) is 7.28. The minimum absolute atomic E-state index is 0.0189. The van der Waals surface area contributed by atoms with E-state index in [1.54, 1.807) is 12.1 Å². The molecule has 0 bridgehead atoms. The van der Waals surface area contributed by atoms with Crippen molar-refractivity contribution < 1.29 is 18.8 Å². The molecular weight excluding hydrogens is 404 g/mol. The van der Waals surface area contributed by atoms with E-state index in [1.807, 2.05) is 55.1 Å². The monoisotopic (exact) mass is 426 g/mol. The van der Waals surface area contributed by atoms with Crippen LogP contribution in [0.4, 0.5) is 0 Å². The maximum atomic E-state index is 13.0. The second kappa shape index (κ2) is 8.90. The molecule has 2 aromatic carbocycles. The van der Waals surface area contributed by atoms with Gasteiger partial charge in [-0.05, 0) is 55.8 Å². The van der Waals surface area contributed by atoms with E-state index >= 15 is 0 Å². The van der Waals surface area contributed by atoms with Gasteiger partial charge >= 0.3 is 0 Å². The lowest BCUT2D eigenvalue weighted by Gasteiger charge is -2.33. The molecule has 1 aliphatic rings. The summed E-state index contributed by atoms with van der Waals surface area (Å²) in [5.41, 5.74) is 3.40. The molecule has 0 radical (unpaired) electrons. The highest BCUT2D eigenvalue weighted by Crippen LogP contribution is 2.25. The van der Waals surface area contributed by atoms with Gasteiger partial charge in [-0.2, -0.15) is 0 Å². The summed E-state index contributed by atoms with van der Waals surface area (Å²) in [7, 11) is 0. The Morgan fingerprint density at radius 1 is 1.17 bits per heavy atom. The molecule has 3 aromatic rings. The third kappa shape index (κ3) is 4.50. The fraction of sp³-hybridized carbons (Fsp3) is 0.304. The molecule has 4 rings (SSSR count). The van der Waals surface area contributed by atoms with Gasteiger partial charge in [0.25, 0.3) is 5.91 Å². The first-order chi connectivity index (χ1) is 14.5. The van der Waals surface area contributed by atoms with Gasteiger partial charge in [0, 0.05) is 17.1 Å². The number of ether oxygens (including phenoxy) is 2. The molecule has 156 valence electrons. The Balaban J connectivity index is 1.38. The van der Waals surface area contributed by atoms with Gasteiger partial charge in [0.2, 0.25) is 0 Å². The van der Waals surface area contributed by atoms with Crippen molar-refractivity contribution in [3.63, 3.8) is 0 Å². The lowest BCUT2D eigenvalue weighted by molar-refractivity contribution is -0.0228. The summed E-state index contributed by atoms with van der Waals surface area (Å²) in [5, 5.41) is 4.61. The van der Waals surface area contributed by atoms with E-state index in [4.69, 9.17) is 25.6 Å². The molecule has 0 saturated carbocycles. The molecule has 1 saturated heterocycles. The Labute approximate surface area is 180 Å². The van der Waals surface area contributed by atoms with Crippen LogP contribution in [0.1, 0.15) is 39.0 Å². The lowest BCUT2D eigenvalue weighted by atomic mass is 10.1. The van der Waals surface area contributed by atoms with Crippen molar-refractivity contribution in [2.75, 3.05) is 19.7 Å². The SMILES string of the molecule is Cc1noc(C)c1COc1ccc(C(=O)N2CCOC(c3ccc(Cl)cc3)C2)cc1. The molecule has 1 unspecified atom stereocenters. The first kappa shape index (κ1) is 20.4. The van der Waals surface area contributed by atoms with Crippen molar-refractivity contribution in [1.82, 2.24) is 10.1 Å². The number of carbonyl (C=O) groups excluding carboxylic acids is 1. The van der Waals surface area contributed by atoms with E-state index in [0.29, 0.717) is 42.6 Å². The summed E-state index contributed by atoms with van der Waals surface area (Å²) in [5.74, 6) is 1.42. The molecule has 6 nitrogen and oxygen atoms in total. The summed E-state index contributed by atoms with van der Waals surface area (Å²) >= 11 is 5.97. The topological polar surface area (TPSA) is 64.8 Å². The zero-order valence-electron chi connectivity index (χ0n) is 16.9. The van der Waals surface area contributed by atoms with Crippen LogP contribution in [0.3, 0.4) is 0 Å². The largest absolute Gasteiger partial charge is 0.489 e. The maximum absolute atomic E-state index is 13.0. The fourth-order valence-corrected chi connectivity index (χ4v) is 3.58. The number of rotatable bonds is 5. The number of benzene rings is 2. The van der Waals surface area contributed by atoms with Gasteiger partial charge in [-0.25, -0.2) is 0 Å². The Morgan fingerprint density at radius 3 is 2.57 bits per heavy atom. The molecule has 2 heterocycles. The van der Waals surface area contributed by atoms with Gasteiger partial charge in [0.1, 0.15) is 24.2 Å². The van der Waals surface area contributed by atoms with Crippen molar-refractivity contribution >= 4 is 17.5 Å². The molecular formula is C23H23ClN2O4. The Morgan fingerprint density at radius 2 is 1.90 bits per heavy atom. The van der Waals surface area contributed by atoms with Crippen molar-refractivity contribution in [3.05, 3.63) is 81.7 Å². The van der Waals surface area contributed by atoms with E-state index in [1.165, 1.54) is 0 Å². The number of hydrogen-bond donors (Lipinski definition) is 0. The van der Waals surface area contributed by atoms with Crippen molar-refractivity contribution in [1.29, 1.82) is 0 Å². The summed E-state index contributed by atoms with van der Waals surface area (Å²) in [6.45, 7) is 5.69. The number of morpholine rings is 1. The van der Waals surface area contributed by atoms with Crippen LogP contribution in [0.25, 0.3) is 0 Å². The third-order valence-corrected chi connectivity index (χ3v) is 5.51. The van der Waals surface area contributed by atoms with Crippen LogP contribution in [0.2, 0.25) is 5.02 Å². The zero-order valence-corrected chi connectivity index (χ0v) is 17.7. The van der Waals surface area contributed by atoms with Gasteiger partial charge in [-0.15, -0.1) is 0 Å².